The van der Waals surface area contributed by atoms with Crippen molar-refractivity contribution in [3.63, 3.8) is 0 Å². The van der Waals surface area contributed by atoms with Crippen molar-refractivity contribution >= 4 is 22.7 Å². The van der Waals surface area contributed by atoms with Crippen LogP contribution in [0.1, 0.15) is 43.9 Å². The van der Waals surface area contributed by atoms with Gasteiger partial charge in [-0.05, 0) is 99.7 Å². The Labute approximate surface area is 222 Å². The SMILES string of the molecule is Cc1cc(F)ccc1-c1cc(C2=CCN(C(C)(C)C)CC2)cc2c(-c3c(C)cccc3Cl)c(=O)ccn12. The molecular formula is C32H32ClFN2O. The van der Waals surface area contributed by atoms with Gasteiger partial charge in [0.25, 0.3) is 0 Å². The van der Waals surface area contributed by atoms with Gasteiger partial charge in [-0.2, -0.15) is 0 Å². The zero-order valence-corrected chi connectivity index (χ0v) is 22.8. The van der Waals surface area contributed by atoms with E-state index in [-0.39, 0.29) is 16.8 Å². The van der Waals surface area contributed by atoms with Crippen LogP contribution in [0.5, 0.6) is 0 Å². The minimum Gasteiger partial charge on any atom is -0.316 e. The van der Waals surface area contributed by atoms with Crippen molar-refractivity contribution in [1.29, 1.82) is 0 Å². The Hall–Kier alpha value is -3.21. The standard InChI is InChI=1S/C32H32ClFN2O/c1-20-7-6-8-26(33)30(20)31-28-19-23(22-11-14-35(15-12-22)32(3,4)5)18-27(36(28)16-13-29(31)37)25-10-9-24(34)17-21(25)2/h6-11,13,16-19H,12,14-15H2,1-5H3. The molecule has 0 saturated carbocycles. The van der Waals surface area contributed by atoms with Crippen LogP contribution in [-0.4, -0.2) is 27.9 Å². The molecule has 0 N–H and O–H groups in total. The number of hydrogen-bond acceptors (Lipinski definition) is 2. The second kappa shape index (κ2) is 9.59. The van der Waals surface area contributed by atoms with Gasteiger partial charge in [-0.3, -0.25) is 9.69 Å². The fraction of sp³-hybridized carbons (Fsp3) is 0.281. The third-order valence-corrected chi connectivity index (χ3v) is 7.76. The molecule has 0 unspecified atom stereocenters. The smallest absolute Gasteiger partial charge is 0.190 e. The van der Waals surface area contributed by atoms with E-state index >= 15 is 0 Å². The van der Waals surface area contributed by atoms with Crippen LogP contribution in [0.2, 0.25) is 5.02 Å². The summed E-state index contributed by atoms with van der Waals surface area (Å²) < 4.78 is 16.1. The van der Waals surface area contributed by atoms with E-state index in [4.69, 9.17) is 11.6 Å². The summed E-state index contributed by atoms with van der Waals surface area (Å²) in [7, 11) is 0. The molecule has 0 atom stereocenters. The first-order valence-corrected chi connectivity index (χ1v) is 13.1. The quantitative estimate of drug-likeness (QED) is 0.277. The number of pyridine rings is 2. The van der Waals surface area contributed by atoms with E-state index in [1.807, 2.05) is 48.7 Å². The highest BCUT2D eigenvalue weighted by molar-refractivity contribution is 6.33. The van der Waals surface area contributed by atoms with Gasteiger partial charge in [-0.15, -0.1) is 0 Å². The second-order valence-electron chi connectivity index (χ2n) is 10.9. The summed E-state index contributed by atoms with van der Waals surface area (Å²) >= 11 is 6.68. The van der Waals surface area contributed by atoms with Crippen LogP contribution in [0.4, 0.5) is 4.39 Å². The van der Waals surface area contributed by atoms with E-state index < -0.39 is 0 Å². The molecule has 2 aromatic carbocycles. The number of halogens is 2. The van der Waals surface area contributed by atoms with Crippen molar-refractivity contribution in [2.45, 2.75) is 46.6 Å². The summed E-state index contributed by atoms with van der Waals surface area (Å²) in [6, 6.07) is 16.4. The van der Waals surface area contributed by atoms with Crippen LogP contribution in [0.25, 0.3) is 33.5 Å². The largest absolute Gasteiger partial charge is 0.316 e. The summed E-state index contributed by atoms with van der Waals surface area (Å²) in [6.07, 6.45) is 5.02. The van der Waals surface area contributed by atoms with E-state index in [1.165, 1.54) is 11.6 Å². The van der Waals surface area contributed by atoms with Crippen LogP contribution in [0, 0.1) is 19.7 Å². The van der Waals surface area contributed by atoms with Gasteiger partial charge in [0.05, 0.1) is 16.8 Å². The molecule has 0 saturated heterocycles. The normalized spacial score (nSPS) is 14.7. The minimum atomic E-state index is -0.266. The van der Waals surface area contributed by atoms with E-state index in [0.29, 0.717) is 10.6 Å². The van der Waals surface area contributed by atoms with Gasteiger partial charge in [-0.25, -0.2) is 4.39 Å². The Balaban J connectivity index is 1.82. The van der Waals surface area contributed by atoms with Gasteiger partial charge in [0.1, 0.15) is 5.82 Å². The van der Waals surface area contributed by atoms with Crippen LogP contribution < -0.4 is 5.43 Å². The third kappa shape index (κ3) is 4.76. The molecule has 1 aliphatic rings. The highest BCUT2D eigenvalue weighted by atomic mass is 35.5. The number of nitrogens with zero attached hydrogens (tertiary/aromatic N) is 2. The van der Waals surface area contributed by atoms with E-state index in [9.17, 15) is 9.18 Å². The first-order valence-electron chi connectivity index (χ1n) is 12.7. The Morgan fingerprint density at radius 2 is 1.73 bits per heavy atom. The van der Waals surface area contributed by atoms with Gasteiger partial charge < -0.3 is 4.40 Å². The van der Waals surface area contributed by atoms with Crippen LogP contribution in [-0.2, 0) is 0 Å². The van der Waals surface area contributed by atoms with Crippen molar-refractivity contribution in [2.24, 2.45) is 0 Å². The summed E-state index contributed by atoms with van der Waals surface area (Å²) in [5.41, 5.74) is 8.09. The number of hydrogen-bond donors (Lipinski definition) is 0. The number of aromatic nitrogens is 1. The second-order valence-corrected chi connectivity index (χ2v) is 11.3. The average molecular weight is 515 g/mol. The Kier molecular flexibility index (Phi) is 6.59. The third-order valence-electron chi connectivity index (χ3n) is 7.45. The molecule has 0 spiro atoms. The van der Waals surface area contributed by atoms with Gasteiger partial charge >= 0.3 is 0 Å². The average Bonchev–Trinajstić information content (AvgIpc) is 2.84. The molecule has 5 heteroatoms. The molecule has 0 aliphatic carbocycles. The molecule has 3 nitrogen and oxygen atoms in total. The maximum atomic E-state index is 14.0. The van der Waals surface area contributed by atoms with Crippen LogP contribution >= 0.6 is 11.6 Å². The first kappa shape index (κ1) is 25.4. The summed E-state index contributed by atoms with van der Waals surface area (Å²) in [6.45, 7) is 12.4. The Morgan fingerprint density at radius 1 is 0.946 bits per heavy atom. The highest BCUT2D eigenvalue weighted by Crippen LogP contribution is 2.37. The molecule has 0 bridgehead atoms. The molecular weight excluding hydrogens is 483 g/mol. The Morgan fingerprint density at radius 3 is 2.38 bits per heavy atom. The topological polar surface area (TPSA) is 24.7 Å². The van der Waals surface area contributed by atoms with E-state index in [0.717, 1.165) is 58.5 Å². The van der Waals surface area contributed by atoms with Crippen molar-refractivity contribution < 1.29 is 4.39 Å². The van der Waals surface area contributed by atoms with Gasteiger partial charge in [0.15, 0.2) is 5.43 Å². The maximum absolute atomic E-state index is 14.0. The fourth-order valence-electron chi connectivity index (χ4n) is 5.36. The van der Waals surface area contributed by atoms with Gasteiger partial charge in [-0.1, -0.05) is 29.8 Å². The van der Waals surface area contributed by atoms with Crippen molar-refractivity contribution in [3.05, 3.63) is 105 Å². The number of benzene rings is 2. The zero-order chi connectivity index (χ0) is 26.5. The maximum Gasteiger partial charge on any atom is 0.190 e. The molecule has 0 amide bonds. The van der Waals surface area contributed by atoms with Gasteiger partial charge in [0.2, 0.25) is 0 Å². The number of fused-ring (bicyclic) bond motifs is 1. The molecule has 2 aromatic heterocycles. The zero-order valence-electron chi connectivity index (χ0n) is 22.0. The molecule has 190 valence electrons. The molecule has 4 aromatic rings. The number of rotatable bonds is 3. The van der Waals surface area contributed by atoms with Crippen molar-refractivity contribution in [2.75, 3.05) is 13.1 Å². The molecule has 1 aliphatic heterocycles. The van der Waals surface area contributed by atoms with Crippen molar-refractivity contribution in [3.8, 4) is 22.4 Å². The molecule has 0 radical (unpaired) electrons. The number of aryl methyl sites for hydroxylation is 2. The fourth-order valence-corrected chi connectivity index (χ4v) is 5.67. The first-order chi connectivity index (χ1) is 17.5. The molecule has 0 fully saturated rings. The summed E-state index contributed by atoms with van der Waals surface area (Å²) in [5.74, 6) is -0.266. The molecule has 37 heavy (non-hydrogen) atoms. The van der Waals surface area contributed by atoms with Gasteiger partial charge in [0, 0.05) is 47.0 Å². The predicted octanol–water partition coefficient (Wildman–Crippen LogP) is 7.93. The molecule has 3 heterocycles. The molecule has 5 rings (SSSR count). The lowest BCUT2D eigenvalue weighted by Crippen LogP contribution is -2.43. The predicted molar refractivity (Wildman–Crippen MR) is 153 cm³/mol. The lowest BCUT2D eigenvalue weighted by Gasteiger charge is -2.37. The Bertz CT molecular complexity index is 1590. The highest BCUT2D eigenvalue weighted by Gasteiger charge is 2.24. The van der Waals surface area contributed by atoms with Crippen molar-refractivity contribution in [1.82, 2.24) is 9.30 Å². The van der Waals surface area contributed by atoms with Crippen LogP contribution in [0.3, 0.4) is 0 Å². The monoisotopic (exact) mass is 514 g/mol. The van der Waals surface area contributed by atoms with E-state index in [2.05, 4.69) is 43.9 Å². The lowest BCUT2D eigenvalue weighted by molar-refractivity contribution is 0.153. The lowest BCUT2D eigenvalue weighted by atomic mass is 9.92. The summed E-state index contributed by atoms with van der Waals surface area (Å²) in [4.78, 5) is 15.9. The van der Waals surface area contributed by atoms with Crippen LogP contribution in [0.15, 0.2) is 71.7 Å². The summed E-state index contributed by atoms with van der Waals surface area (Å²) in [5, 5.41) is 0.549. The van der Waals surface area contributed by atoms with E-state index in [1.54, 1.807) is 12.1 Å². The minimum absolute atomic E-state index is 0.0772.